The second-order valence-electron chi connectivity index (χ2n) is 7.97. The van der Waals surface area contributed by atoms with E-state index in [9.17, 15) is 23.1 Å². The number of aryl methyl sites for hydroxylation is 1. The molecule has 0 radical (unpaired) electrons. The Kier molecular flexibility index (Phi) is 6.54. The Morgan fingerprint density at radius 2 is 1.59 bits per heavy atom. The molecule has 1 heterocycles. The number of aliphatic imine (C=N–C) groups is 1. The van der Waals surface area contributed by atoms with Gasteiger partial charge in [-0.25, -0.2) is 4.57 Å². The molecule has 0 unspecified atom stereocenters. The van der Waals surface area contributed by atoms with Crippen LogP contribution in [0.25, 0.3) is 16.5 Å². The van der Waals surface area contributed by atoms with Gasteiger partial charge in [-0.3, -0.25) is 9.79 Å². The summed E-state index contributed by atoms with van der Waals surface area (Å²) in [6, 6.07) is 18.8. The Bertz CT molecular complexity index is 1400. The molecule has 0 saturated carbocycles. The van der Waals surface area contributed by atoms with Crippen molar-refractivity contribution >= 4 is 22.7 Å². The maximum absolute atomic E-state index is 13.7. The molecule has 34 heavy (non-hydrogen) atoms. The Hall–Kier alpha value is -3.87. The molecule has 4 rings (SSSR count). The zero-order chi connectivity index (χ0) is 24.3. The normalized spacial score (nSPS) is 12.0. The lowest BCUT2D eigenvalue weighted by molar-refractivity contribution is -0.137. The molecular formula is C27H23F3N2O2. The van der Waals surface area contributed by atoms with E-state index in [1.807, 2.05) is 24.3 Å². The third-order valence-corrected chi connectivity index (χ3v) is 5.65. The van der Waals surface area contributed by atoms with Gasteiger partial charge in [0.15, 0.2) is 0 Å². The number of para-hydroxylation sites is 1. The van der Waals surface area contributed by atoms with Gasteiger partial charge >= 0.3 is 6.18 Å². The monoisotopic (exact) mass is 464 g/mol. The van der Waals surface area contributed by atoms with E-state index in [2.05, 4.69) is 11.9 Å². The SMILES string of the molecule is CCCCc1ccc(N=Cc2c(O)n(-c3ccccc3C(F)(F)F)c(=O)c3ccccc23)cc1. The van der Waals surface area contributed by atoms with Crippen LogP contribution in [-0.2, 0) is 12.6 Å². The van der Waals surface area contributed by atoms with E-state index in [4.69, 9.17) is 0 Å². The zero-order valence-electron chi connectivity index (χ0n) is 18.5. The highest BCUT2D eigenvalue weighted by Gasteiger charge is 2.34. The van der Waals surface area contributed by atoms with Crippen LogP contribution in [0.5, 0.6) is 5.88 Å². The summed E-state index contributed by atoms with van der Waals surface area (Å²) < 4.78 is 41.7. The van der Waals surface area contributed by atoms with E-state index in [1.54, 1.807) is 18.2 Å². The van der Waals surface area contributed by atoms with E-state index in [1.165, 1.54) is 30.0 Å². The molecule has 0 saturated heterocycles. The van der Waals surface area contributed by atoms with Crippen molar-refractivity contribution in [2.45, 2.75) is 32.4 Å². The number of hydrogen-bond donors (Lipinski definition) is 1. The molecule has 0 fully saturated rings. The number of hydrogen-bond acceptors (Lipinski definition) is 3. The van der Waals surface area contributed by atoms with Crippen LogP contribution in [0.3, 0.4) is 0 Å². The lowest BCUT2D eigenvalue weighted by Crippen LogP contribution is -2.23. The molecule has 7 heteroatoms. The summed E-state index contributed by atoms with van der Waals surface area (Å²) in [5.41, 5.74) is -0.251. The lowest BCUT2D eigenvalue weighted by Gasteiger charge is -2.18. The van der Waals surface area contributed by atoms with Crippen molar-refractivity contribution in [3.63, 3.8) is 0 Å². The number of alkyl halides is 3. The fraction of sp³-hybridized carbons (Fsp3) is 0.185. The van der Waals surface area contributed by atoms with Crippen LogP contribution in [0.1, 0.15) is 36.5 Å². The van der Waals surface area contributed by atoms with Crippen LogP contribution in [0, 0.1) is 0 Å². The summed E-state index contributed by atoms with van der Waals surface area (Å²) in [6.07, 6.45) is -0.175. The van der Waals surface area contributed by atoms with E-state index in [-0.39, 0.29) is 10.9 Å². The number of pyridine rings is 1. The number of nitrogens with zero attached hydrogens (tertiary/aromatic N) is 2. The average Bonchev–Trinajstić information content (AvgIpc) is 2.83. The molecular weight excluding hydrogens is 441 g/mol. The van der Waals surface area contributed by atoms with Gasteiger partial charge in [-0.05, 0) is 48.7 Å². The molecule has 4 aromatic rings. The van der Waals surface area contributed by atoms with Crippen molar-refractivity contribution in [2.24, 2.45) is 4.99 Å². The molecule has 0 aliphatic rings. The lowest BCUT2D eigenvalue weighted by atomic mass is 10.1. The topological polar surface area (TPSA) is 54.6 Å². The third kappa shape index (κ3) is 4.59. The first-order valence-electron chi connectivity index (χ1n) is 11.0. The van der Waals surface area contributed by atoms with Gasteiger partial charge in [0.1, 0.15) is 0 Å². The largest absolute Gasteiger partial charge is 0.494 e. The number of unbranched alkanes of at least 4 members (excludes halogenated alkanes) is 1. The second-order valence-corrected chi connectivity index (χ2v) is 7.97. The molecule has 0 aliphatic heterocycles. The number of benzene rings is 3. The highest BCUT2D eigenvalue weighted by Crippen LogP contribution is 2.36. The highest BCUT2D eigenvalue weighted by atomic mass is 19.4. The van der Waals surface area contributed by atoms with E-state index in [0.29, 0.717) is 15.6 Å². The third-order valence-electron chi connectivity index (χ3n) is 5.65. The molecule has 174 valence electrons. The van der Waals surface area contributed by atoms with Gasteiger partial charge in [0.25, 0.3) is 5.56 Å². The number of fused-ring (bicyclic) bond motifs is 1. The van der Waals surface area contributed by atoms with Gasteiger partial charge in [0.2, 0.25) is 5.88 Å². The van der Waals surface area contributed by atoms with Crippen LogP contribution in [-0.4, -0.2) is 15.9 Å². The zero-order valence-corrected chi connectivity index (χ0v) is 18.5. The molecule has 0 atom stereocenters. The number of aromatic hydroxyl groups is 1. The van der Waals surface area contributed by atoms with Gasteiger partial charge in [-0.1, -0.05) is 55.8 Å². The Morgan fingerprint density at radius 3 is 2.26 bits per heavy atom. The molecule has 1 aromatic heterocycles. The summed E-state index contributed by atoms with van der Waals surface area (Å²) in [7, 11) is 0. The molecule has 1 N–H and O–H groups in total. The number of aromatic nitrogens is 1. The fourth-order valence-electron chi connectivity index (χ4n) is 3.89. The summed E-state index contributed by atoms with van der Waals surface area (Å²) in [5.74, 6) is -0.608. The maximum Gasteiger partial charge on any atom is 0.418 e. The van der Waals surface area contributed by atoms with Crippen molar-refractivity contribution in [1.82, 2.24) is 4.57 Å². The minimum absolute atomic E-state index is 0.155. The average molecular weight is 464 g/mol. The van der Waals surface area contributed by atoms with Crippen LogP contribution in [0.4, 0.5) is 18.9 Å². The Morgan fingerprint density at radius 1 is 0.941 bits per heavy atom. The van der Waals surface area contributed by atoms with E-state index in [0.717, 1.165) is 31.4 Å². The summed E-state index contributed by atoms with van der Waals surface area (Å²) >= 11 is 0. The molecule has 0 bridgehead atoms. The molecule has 4 nitrogen and oxygen atoms in total. The quantitative estimate of drug-likeness (QED) is 0.319. The summed E-state index contributed by atoms with van der Waals surface area (Å²) in [6.45, 7) is 2.13. The van der Waals surface area contributed by atoms with Gasteiger partial charge in [0.05, 0.1) is 22.5 Å². The standard InChI is InChI=1S/C27H23F3N2O2/c1-2-3-8-18-13-15-19(16-14-18)31-17-22-20-9-4-5-10-21(20)25(33)32(26(22)34)24-12-7-6-11-23(24)27(28,29)30/h4-7,9-17,34H,2-3,8H2,1H3. The number of rotatable bonds is 6. The van der Waals surface area contributed by atoms with Gasteiger partial charge in [0, 0.05) is 17.0 Å². The number of halogens is 3. The first-order valence-corrected chi connectivity index (χ1v) is 11.0. The Labute approximate surface area is 194 Å². The Balaban J connectivity index is 1.88. The predicted molar refractivity (Wildman–Crippen MR) is 129 cm³/mol. The summed E-state index contributed by atoms with van der Waals surface area (Å²) in [4.78, 5) is 17.6. The van der Waals surface area contributed by atoms with Crippen LogP contribution < -0.4 is 5.56 Å². The predicted octanol–water partition coefficient (Wildman–Crippen LogP) is 6.81. The van der Waals surface area contributed by atoms with Crippen molar-refractivity contribution in [2.75, 3.05) is 0 Å². The summed E-state index contributed by atoms with van der Waals surface area (Å²) in [5, 5.41) is 11.6. The first-order chi connectivity index (χ1) is 16.3. The van der Waals surface area contributed by atoms with E-state index < -0.39 is 28.9 Å². The smallest absolute Gasteiger partial charge is 0.418 e. The van der Waals surface area contributed by atoms with Gasteiger partial charge in [-0.15, -0.1) is 0 Å². The van der Waals surface area contributed by atoms with Crippen molar-refractivity contribution in [3.8, 4) is 11.6 Å². The minimum Gasteiger partial charge on any atom is -0.494 e. The van der Waals surface area contributed by atoms with Crippen LogP contribution >= 0.6 is 0 Å². The minimum atomic E-state index is -4.71. The first kappa shape index (κ1) is 23.3. The van der Waals surface area contributed by atoms with Crippen molar-refractivity contribution in [1.29, 1.82) is 0 Å². The molecule has 0 spiro atoms. The molecule has 0 aliphatic carbocycles. The van der Waals surface area contributed by atoms with Gasteiger partial charge in [-0.2, -0.15) is 13.2 Å². The fourth-order valence-corrected chi connectivity index (χ4v) is 3.89. The maximum atomic E-state index is 13.7. The second kappa shape index (κ2) is 9.55. The van der Waals surface area contributed by atoms with Crippen LogP contribution in [0.2, 0.25) is 0 Å². The molecule has 3 aromatic carbocycles. The van der Waals surface area contributed by atoms with Crippen molar-refractivity contribution < 1.29 is 18.3 Å². The van der Waals surface area contributed by atoms with Crippen molar-refractivity contribution in [3.05, 3.63) is 99.8 Å². The molecule has 0 amide bonds. The highest BCUT2D eigenvalue weighted by molar-refractivity contribution is 6.02. The van der Waals surface area contributed by atoms with E-state index >= 15 is 0 Å². The van der Waals surface area contributed by atoms with Crippen LogP contribution in [0.15, 0.2) is 82.6 Å². The van der Waals surface area contributed by atoms with Gasteiger partial charge < -0.3 is 5.11 Å².